The smallest absolute Gasteiger partial charge is 0.0650 e. The van der Waals surface area contributed by atoms with Gasteiger partial charge >= 0.3 is 0 Å². The highest BCUT2D eigenvalue weighted by Gasteiger charge is 2.21. The number of piperidine rings is 1. The Bertz CT molecular complexity index is 725. The van der Waals surface area contributed by atoms with Crippen molar-refractivity contribution in [3.05, 3.63) is 41.7 Å². The lowest BCUT2D eigenvalue weighted by Gasteiger charge is -2.35. The molecule has 5 nitrogen and oxygen atoms in total. The number of benzene rings is 1. The van der Waals surface area contributed by atoms with Crippen molar-refractivity contribution in [3.63, 3.8) is 0 Å². The molecule has 3 heterocycles. The molecule has 2 saturated heterocycles. The van der Waals surface area contributed by atoms with Gasteiger partial charge in [0.2, 0.25) is 0 Å². The third-order valence-electron chi connectivity index (χ3n) is 5.91. The molecule has 1 aromatic carbocycles. The highest BCUT2D eigenvalue weighted by atomic mass is 16.5. The van der Waals surface area contributed by atoms with Gasteiger partial charge in [0.15, 0.2) is 0 Å². The van der Waals surface area contributed by atoms with Crippen molar-refractivity contribution in [2.24, 2.45) is 5.92 Å². The molecule has 0 saturated carbocycles. The first-order valence-electron chi connectivity index (χ1n) is 10.4. The molecule has 0 unspecified atom stereocenters. The van der Waals surface area contributed by atoms with Crippen LogP contribution in [0.5, 0.6) is 0 Å². The Morgan fingerprint density at radius 1 is 1.07 bits per heavy atom. The van der Waals surface area contributed by atoms with Gasteiger partial charge in [-0.05, 0) is 75.8 Å². The minimum absolute atomic E-state index is 0.650. The summed E-state index contributed by atoms with van der Waals surface area (Å²) in [6.07, 6.45) is 4.96. The van der Waals surface area contributed by atoms with Crippen LogP contribution in [0.2, 0.25) is 0 Å². The Labute approximate surface area is 162 Å². The molecule has 5 heteroatoms. The third kappa shape index (κ3) is 4.53. The van der Waals surface area contributed by atoms with Crippen LogP contribution in [0.1, 0.15) is 37.1 Å². The molecule has 0 radical (unpaired) electrons. The zero-order chi connectivity index (χ0) is 18.6. The normalized spacial score (nSPS) is 21.6. The molecule has 2 aromatic rings. The molecule has 1 atom stereocenters. The second kappa shape index (κ2) is 8.44. The van der Waals surface area contributed by atoms with Crippen LogP contribution in [-0.4, -0.2) is 48.7 Å². The number of hydrogen-bond donors (Lipinski definition) is 1. The summed E-state index contributed by atoms with van der Waals surface area (Å²) in [5, 5.41) is 8.36. The van der Waals surface area contributed by atoms with Crippen LogP contribution in [0.15, 0.2) is 30.3 Å². The number of rotatable bonds is 5. The Balaban J connectivity index is 1.28. The molecule has 0 aliphatic carbocycles. The molecule has 4 rings (SSSR count). The monoisotopic (exact) mass is 368 g/mol. The lowest BCUT2D eigenvalue weighted by Crippen LogP contribution is -2.44. The van der Waals surface area contributed by atoms with E-state index < -0.39 is 0 Å². The van der Waals surface area contributed by atoms with E-state index in [4.69, 9.17) is 4.74 Å². The highest BCUT2D eigenvalue weighted by molar-refractivity contribution is 5.51. The summed E-state index contributed by atoms with van der Waals surface area (Å²) >= 11 is 0. The van der Waals surface area contributed by atoms with E-state index in [-0.39, 0.29) is 0 Å². The predicted octanol–water partition coefficient (Wildman–Crippen LogP) is 3.47. The number of hydrogen-bond acceptors (Lipinski definition) is 4. The van der Waals surface area contributed by atoms with E-state index in [2.05, 4.69) is 52.6 Å². The number of nitrogens with zero attached hydrogens (tertiary/aromatic N) is 3. The topological polar surface area (TPSA) is 42.3 Å². The molecule has 0 bridgehead atoms. The fraction of sp³-hybridized carbons (Fsp3) is 0.591. The quantitative estimate of drug-likeness (QED) is 0.877. The number of aryl methyl sites for hydroxylation is 2. The zero-order valence-corrected chi connectivity index (χ0v) is 16.7. The molecule has 0 amide bonds. The van der Waals surface area contributed by atoms with E-state index in [0.29, 0.717) is 12.0 Å². The van der Waals surface area contributed by atoms with E-state index in [0.717, 1.165) is 44.2 Å². The summed E-state index contributed by atoms with van der Waals surface area (Å²) < 4.78 is 7.61. The van der Waals surface area contributed by atoms with Crippen molar-refractivity contribution in [1.29, 1.82) is 0 Å². The second-order valence-electron chi connectivity index (χ2n) is 8.11. The average Bonchev–Trinajstić information content (AvgIpc) is 3.06. The standard InChI is InChI=1S/C22H32N4O/c1-17-14-18(2)26(24-17)22-7-5-21(6-8-22)25-11-9-20(10-12-25)23-15-19-4-3-13-27-16-19/h5-8,14,19-20,23H,3-4,9-13,15-16H2,1-2H3/t19-/m0/s1. The summed E-state index contributed by atoms with van der Waals surface area (Å²) in [5.41, 5.74) is 4.69. The average molecular weight is 369 g/mol. The van der Waals surface area contributed by atoms with Gasteiger partial charge in [0.25, 0.3) is 0 Å². The van der Waals surface area contributed by atoms with Gasteiger partial charge < -0.3 is 15.0 Å². The van der Waals surface area contributed by atoms with Crippen molar-refractivity contribution < 1.29 is 4.74 Å². The number of ether oxygens (including phenoxy) is 1. The van der Waals surface area contributed by atoms with Crippen LogP contribution < -0.4 is 10.2 Å². The van der Waals surface area contributed by atoms with Crippen LogP contribution >= 0.6 is 0 Å². The van der Waals surface area contributed by atoms with Gasteiger partial charge in [0, 0.05) is 43.7 Å². The Hall–Kier alpha value is -1.85. The maximum Gasteiger partial charge on any atom is 0.0650 e. The summed E-state index contributed by atoms with van der Waals surface area (Å²) in [7, 11) is 0. The highest BCUT2D eigenvalue weighted by Crippen LogP contribution is 2.23. The minimum atomic E-state index is 0.650. The molecular formula is C22H32N4O. The molecule has 2 aliphatic rings. The first-order chi connectivity index (χ1) is 13.2. The number of aromatic nitrogens is 2. The molecular weight excluding hydrogens is 336 g/mol. The van der Waals surface area contributed by atoms with Gasteiger partial charge in [-0.15, -0.1) is 0 Å². The maximum absolute atomic E-state index is 5.59. The first-order valence-corrected chi connectivity index (χ1v) is 10.4. The van der Waals surface area contributed by atoms with E-state index in [9.17, 15) is 0 Å². The molecule has 1 aromatic heterocycles. The Kier molecular flexibility index (Phi) is 5.79. The molecule has 2 aliphatic heterocycles. The van der Waals surface area contributed by atoms with Crippen LogP contribution in [0.4, 0.5) is 5.69 Å². The second-order valence-corrected chi connectivity index (χ2v) is 8.11. The Morgan fingerprint density at radius 2 is 1.81 bits per heavy atom. The van der Waals surface area contributed by atoms with E-state index in [1.807, 2.05) is 11.6 Å². The van der Waals surface area contributed by atoms with E-state index >= 15 is 0 Å². The van der Waals surface area contributed by atoms with Crippen LogP contribution in [-0.2, 0) is 4.74 Å². The molecule has 1 N–H and O–H groups in total. The van der Waals surface area contributed by atoms with Gasteiger partial charge in [0.1, 0.15) is 0 Å². The maximum atomic E-state index is 5.59. The molecule has 2 fully saturated rings. The fourth-order valence-corrected chi connectivity index (χ4v) is 4.34. The summed E-state index contributed by atoms with van der Waals surface area (Å²) in [6, 6.07) is 11.6. The van der Waals surface area contributed by atoms with E-state index in [1.54, 1.807) is 0 Å². The summed E-state index contributed by atoms with van der Waals surface area (Å²) in [4.78, 5) is 2.51. The van der Waals surface area contributed by atoms with E-state index in [1.165, 1.54) is 37.1 Å². The Morgan fingerprint density at radius 3 is 2.44 bits per heavy atom. The molecule has 27 heavy (non-hydrogen) atoms. The van der Waals surface area contributed by atoms with Gasteiger partial charge in [0.05, 0.1) is 18.0 Å². The predicted molar refractivity (Wildman–Crippen MR) is 110 cm³/mol. The minimum Gasteiger partial charge on any atom is -0.381 e. The van der Waals surface area contributed by atoms with Crippen molar-refractivity contribution in [1.82, 2.24) is 15.1 Å². The third-order valence-corrected chi connectivity index (χ3v) is 5.91. The number of anilines is 1. The van der Waals surface area contributed by atoms with Crippen molar-refractivity contribution >= 4 is 5.69 Å². The zero-order valence-electron chi connectivity index (χ0n) is 16.7. The lowest BCUT2D eigenvalue weighted by atomic mass is 9.99. The number of nitrogens with one attached hydrogen (secondary N) is 1. The lowest BCUT2D eigenvalue weighted by molar-refractivity contribution is 0.0535. The largest absolute Gasteiger partial charge is 0.381 e. The molecule has 0 spiro atoms. The molecule has 146 valence electrons. The van der Waals surface area contributed by atoms with Gasteiger partial charge in [-0.1, -0.05) is 0 Å². The van der Waals surface area contributed by atoms with Crippen molar-refractivity contribution in [2.75, 3.05) is 37.7 Å². The SMILES string of the molecule is Cc1cc(C)n(-c2ccc(N3CCC(NC[C@@H]4CCCOC4)CC3)cc2)n1. The van der Waals surface area contributed by atoms with Gasteiger partial charge in [-0.2, -0.15) is 5.10 Å². The van der Waals surface area contributed by atoms with Gasteiger partial charge in [-0.25, -0.2) is 4.68 Å². The fourth-order valence-electron chi connectivity index (χ4n) is 4.34. The van der Waals surface area contributed by atoms with Crippen LogP contribution in [0.3, 0.4) is 0 Å². The van der Waals surface area contributed by atoms with Gasteiger partial charge in [-0.3, -0.25) is 0 Å². The summed E-state index contributed by atoms with van der Waals surface area (Å²) in [6.45, 7) is 9.39. The first kappa shape index (κ1) is 18.5. The summed E-state index contributed by atoms with van der Waals surface area (Å²) in [5.74, 6) is 0.707. The van der Waals surface area contributed by atoms with Crippen molar-refractivity contribution in [3.8, 4) is 5.69 Å². The van der Waals surface area contributed by atoms with Crippen LogP contribution in [0.25, 0.3) is 5.69 Å². The van der Waals surface area contributed by atoms with Crippen LogP contribution in [0, 0.1) is 19.8 Å². The van der Waals surface area contributed by atoms with Crippen molar-refractivity contribution in [2.45, 2.75) is 45.6 Å².